The van der Waals surface area contributed by atoms with Gasteiger partial charge in [0.15, 0.2) is 5.96 Å². The number of guanidine groups is 1. The van der Waals surface area contributed by atoms with Gasteiger partial charge in [0.05, 0.1) is 20.8 Å². The lowest BCUT2D eigenvalue weighted by atomic mass is 10.1. The predicted molar refractivity (Wildman–Crippen MR) is 121 cm³/mol. The number of ether oxygens (including phenoxy) is 2. The van der Waals surface area contributed by atoms with Crippen LogP contribution in [0.5, 0.6) is 11.5 Å². The third-order valence-corrected chi connectivity index (χ3v) is 4.88. The molecule has 0 aliphatic carbocycles. The summed E-state index contributed by atoms with van der Waals surface area (Å²) < 4.78 is 10.7. The highest BCUT2D eigenvalue weighted by Crippen LogP contribution is 2.24. The molecule has 0 fully saturated rings. The first-order chi connectivity index (χ1) is 12.2. The number of aryl methyl sites for hydroxylation is 1. The monoisotopic (exact) mass is 489 g/mol. The number of hydrogen-bond donors (Lipinski definition) is 2. The fourth-order valence-corrected chi connectivity index (χ4v) is 3.28. The van der Waals surface area contributed by atoms with Gasteiger partial charge in [-0.05, 0) is 61.0 Å². The van der Waals surface area contributed by atoms with Crippen LogP contribution in [0.15, 0.2) is 34.6 Å². The van der Waals surface area contributed by atoms with Crippen molar-refractivity contribution >= 4 is 41.3 Å². The minimum atomic E-state index is 0. The molecule has 0 aliphatic rings. The molecule has 2 aromatic rings. The van der Waals surface area contributed by atoms with Crippen LogP contribution in [0.4, 0.5) is 0 Å². The molecule has 1 aromatic carbocycles. The summed E-state index contributed by atoms with van der Waals surface area (Å²) in [6.45, 7) is 6.48. The quantitative estimate of drug-likeness (QED) is 0.335. The van der Waals surface area contributed by atoms with Gasteiger partial charge < -0.3 is 20.1 Å². The van der Waals surface area contributed by atoms with Crippen LogP contribution in [-0.2, 0) is 13.0 Å². The zero-order chi connectivity index (χ0) is 18.1. The molecule has 2 N–H and O–H groups in total. The summed E-state index contributed by atoms with van der Waals surface area (Å²) in [4.78, 5) is 5.97. The van der Waals surface area contributed by atoms with Gasteiger partial charge in [0.25, 0.3) is 0 Å². The topological polar surface area (TPSA) is 54.9 Å². The first-order valence-electron chi connectivity index (χ1n) is 8.44. The molecule has 5 nitrogen and oxygen atoms in total. The molecule has 1 aromatic heterocycles. The molecule has 26 heavy (non-hydrogen) atoms. The third-order valence-electron chi connectivity index (χ3n) is 3.87. The Morgan fingerprint density at radius 3 is 2.58 bits per heavy atom. The molecular weight excluding hydrogens is 461 g/mol. The lowest BCUT2D eigenvalue weighted by molar-refractivity contribution is 0.398. The van der Waals surface area contributed by atoms with E-state index in [-0.39, 0.29) is 24.0 Å². The van der Waals surface area contributed by atoms with Gasteiger partial charge in [0.1, 0.15) is 11.5 Å². The maximum Gasteiger partial charge on any atom is 0.191 e. The largest absolute Gasteiger partial charge is 0.497 e. The number of rotatable bonds is 8. The van der Waals surface area contributed by atoms with E-state index >= 15 is 0 Å². The van der Waals surface area contributed by atoms with Gasteiger partial charge in [0.2, 0.25) is 0 Å². The van der Waals surface area contributed by atoms with Crippen molar-refractivity contribution in [2.45, 2.75) is 26.8 Å². The summed E-state index contributed by atoms with van der Waals surface area (Å²) in [5.41, 5.74) is 2.41. The van der Waals surface area contributed by atoms with E-state index in [0.29, 0.717) is 6.54 Å². The van der Waals surface area contributed by atoms with E-state index in [1.807, 2.05) is 18.2 Å². The Balaban J connectivity index is 0.00000338. The average molecular weight is 489 g/mol. The Morgan fingerprint density at radius 1 is 1.15 bits per heavy atom. The SMILES string of the molecule is CCNC(=NCc1sccc1C)NCCc1cc(OC)ccc1OC.I. The summed E-state index contributed by atoms with van der Waals surface area (Å²) >= 11 is 1.75. The fourth-order valence-electron chi connectivity index (χ4n) is 2.45. The van der Waals surface area contributed by atoms with Crippen molar-refractivity contribution in [1.29, 1.82) is 0 Å². The van der Waals surface area contributed by atoms with Crippen LogP contribution in [0, 0.1) is 6.92 Å². The molecule has 144 valence electrons. The van der Waals surface area contributed by atoms with Crippen molar-refractivity contribution in [3.05, 3.63) is 45.6 Å². The van der Waals surface area contributed by atoms with Gasteiger partial charge >= 0.3 is 0 Å². The van der Waals surface area contributed by atoms with Crippen molar-refractivity contribution in [2.75, 3.05) is 27.3 Å². The standard InChI is InChI=1S/C19H27N3O2S.HI/c1-5-20-19(22-13-18-14(2)9-11-25-18)21-10-8-15-12-16(23-3)6-7-17(15)24-4;/h6-7,9,11-12H,5,8,10,13H2,1-4H3,(H2,20,21,22);1H. The van der Waals surface area contributed by atoms with Crippen molar-refractivity contribution in [3.63, 3.8) is 0 Å². The molecule has 0 aliphatic heterocycles. The van der Waals surface area contributed by atoms with E-state index in [4.69, 9.17) is 9.47 Å². The van der Waals surface area contributed by atoms with Crippen molar-refractivity contribution in [3.8, 4) is 11.5 Å². The molecule has 7 heteroatoms. The van der Waals surface area contributed by atoms with Gasteiger partial charge in [-0.15, -0.1) is 35.3 Å². The Hall–Kier alpha value is -1.48. The molecular formula is C19H28IN3O2S. The minimum absolute atomic E-state index is 0. The molecule has 0 saturated carbocycles. The first-order valence-corrected chi connectivity index (χ1v) is 9.32. The van der Waals surface area contributed by atoms with Crippen LogP contribution in [0.2, 0.25) is 0 Å². The number of nitrogens with zero attached hydrogens (tertiary/aromatic N) is 1. The smallest absolute Gasteiger partial charge is 0.191 e. The lowest BCUT2D eigenvalue weighted by Gasteiger charge is -2.13. The summed E-state index contributed by atoms with van der Waals surface area (Å²) in [7, 11) is 3.36. The number of benzene rings is 1. The number of methoxy groups -OCH3 is 2. The number of thiophene rings is 1. The zero-order valence-electron chi connectivity index (χ0n) is 15.8. The van der Waals surface area contributed by atoms with Crippen molar-refractivity contribution in [2.24, 2.45) is 4.99 Å². The first kappa shape index (κ1) is 22.6. The van der Waals surface area contributed by atoms with Crippen LogP contribution in [0.3, 0.4) is 0 Å². The minimum Gasteiger partial charge on any atom is -0.497 e. The Labute approximate surface area is 177 Å². The van der Waals surface area contributed by atoms with E-state index in [1.54, 1.807) is 25.6 Å². The normalized spacial score (nSPS) is 10.8. The lowest BCUT2D eigenvalue weighted by Crippen LogP contribution is -2.38. The molecule has 2 rings (SSSR count). The van der Waals surface area contributed by atoms with Crippen LogP contribution in [0.1, 0.15) is 22.9 Å². The molecule has 0 saturated heterocycles. The van der Waals surface area contributed by atoms with E-state index in [9.17, 15) is 0 Å². The second kappa shape index (κ2) is 12.0. The number of nitrogens with one attached hydrogen (secondary N) is 2. The third kappa shape index (κ3) is 6.68. The zero-order valence-corrected chi connectivity index (χ0v) is 18.9. The molecule has 1 heterocycles. The van der Waals surface area contributed by atoms with E-state index < -0.39 is 0 Å². The molecule has 0 bridgehead atoms. The van der Waals surface area contributed by atoms with Crippen LogP contribution in [0.25, 0.3) is 0 Å². The average Bonchev–Trinajstić information content (AvgIpc) is 3.04. The highest BCUT2D eigenvalue weighted by Gasteiger charge is 2.06. The van der Waals surface area contributed by atoms with E-state index in [2.05, 4.69) is 40.9 Å². The van der Waals surface area contributed by atoms with Crippen LogP contribution >= 0.6 is 35.3 Å². The predicted octanol–water partition coefficient (Wildman–Crippen LogP) is 3.99. The maximum absolute atomic E-state index is 5.43. The van der Waals surface area contributed by atoms with Gasteiger partial charge in [0, 0.05) is 18.0 Å². The number of aliphatic imine (C=N–C) groups is 1. The van der Waals surface area contributed by atoms with E-state index in [1.165, 1.54) is 10.4 Å². The van der Waals surface area contributed by atoms with Gasteiger partial charge in [-0.3, -0.25) is 0 Å². The Kier molecular flexibility index (Phi) is 10.4. The molecule has 0 unspecified atom stereocenters. The summed E-state index contributed by atoms with van der Waals surface area (Å²) in [5, 5.41) is 8.78. The molecule has 0 spiro atoms. The summed E-state index contributed by atoms with van der Waals surface area (Å²) in [5.74, 6) is 2.54. The summed E-state index contributed by atoms with van der Waals surface area (Å²) in [6, 6.07) is 7.99. The second-order valence-corrected chi connectivity index (χ2v) is 6.58. The van der Waals surface area contributed by atoms with Gasteiger partial charge in [-0.1, -0.05) is 0 Å². The van der Waals surface area contributed by atoms with Crippen molar-refractivity contribution in [1.82, 2.24) is 10.6 Å². The maximum atomic E-state index is 5.43. The van der Waals surface area contributed by atoms with Crippen LogP contribution < -0.4 is 20.1 Å². The van der Waals surface area contributed by atoms with Crippen LogP contribution in [-0.4, -0.2) is 33.3 Å². The van der Waals surface area contributed by atoms with Crippen molar-refractivity contribution < 1.29 is 9.47 Å². The Morgan fingerprint density at radius 2 is 1.96 bits per heavy atom. The van der Waals surface area contributed by atoms with Gasteiger partial charge in [-0.2, -0.15) is 0 Å². The highest BCUT2D eigenvalue weighted by molar-refractivity contribution is 14.0. The second-order valence-electron chi connectivity index (χ2n) is 5.58. The number of halogens is 1. The van der Waals surface area contributed by atoms with E-state index in [0.717, 1.165) is 42.5 Å². The van der Waals surface area contributed by atoms with Gasteiger partial charge in [-0.25, -0.2) is 4.99 Å². The number of hydrogen-bond acceptors (Lipinski definition) is 4. The molecule has 0 atom stereocenters. The fraction of sp³-hybridized carbons (Fsp3) is 0.421. The highest BCUT2D eigenvalue weighted by atomic mass is 127. The molecule has 0 radical (unpaired) electrons. The molecule has 0 amide bonds. The summed E-state index contributed by atoms with van der Waals surface area (Å²) in [6.07, 6.45) is 0.822. The Bertz CT molecular complexity index is 704.